The van der Waals surface area contributed by atoms with Crippen LogP contribution in [0.3, 0.4) is 0 Å². The van der Waals surface area contributed by atoms with Crippen LogP contribution < -0.4 is 9.70 Å². The van der Waals surface area contributed by atoms with E-state index in [1.54, 1.807) is 44.4 Å². The first-order valence-corrected chi connectivity index (χ1v) is 12.2. The van der Waals surface area contributed by atoms with Crippen molar-refractivity contribution in [3.8, 4) is 0 Å². The van der Waals surface area contributed by atoms with Gasteiger partial charge in [-0.2, -0.15) is 4.99 Å². The van der Waals surface area contributed by atoms with E-state index >= 15 is 0 Å². The van der Waals surface area contributed by atoms with Gasteiger partial charge in [-0.3, -0.25) is 14.9 Å². The Morgan fingerprint density at radius 3 is 2.61 bits per heavy atom. The summed E-state index contributed by atoms with van der Waals surface area (Å²) < 4.78 is 18.2. The van der Waals surface area contributed by atoms with E-state index in [2.05, 4.69) is 4.99 Å². The molecular weight excluding hydrogens is 488 g/mol. The van der Waals surface area contributed by atoms with E-state index in [1.165, 1.54) is 17.4 Å². The molecule has 3 aromatic rings. The molecule has 1 aliphatic rings. The molecule has 0 radical (unpaired) electrons. The minimum atomic E-state index is -0.602. The molecule has 1 fully saturated rings. The number of ether oxygens (including phenoxy) is 3. The highest BCUT2D eigenvalue weighted by atomic mass is 32.1. The van der Waals surface area contributed by atoms with Gasteiger partial charge in [0.05, 0.1) is 47.1 Å². The summed E-state index contributed by atoms with van der Waals surface area (Å²) in [5.41, 5.74) is 1.59. The quantitative estimate of drug-likeness (QED) is 0.255. The third-order valence-electron chi connectivity index (χ3n) is 5.68. The standard InChI is InChI=1S/C24H26N4O7S/c1-3-35-23(30)17-5-7-19-21(15-17)36-24(27(19)10-11-33-2)25-22(29)16-4-6-18(20(14-16)28(31)32)26-8-12-34-13-9-26/h4-7,14-15H,3,8-13H2,1-2H3. The zero-order valence-electron chi connectivity index (χ0n) is 20.0. The second-order valence-corrected chi connectivity index (χ2v) is 8.92. The summed E-state index contributed by atoms with van der Waals surface area (Å²) in [5.74, 6) is -1.03. The topological polar surface area (TPSA) is 126 Å². The Kier molecular flexibility index (Phi) is 8.08. The monoisotopic (exact) mass is 514 g/mol. The van der Waals surface area contributed by atoms with E-state index in [0.717, 1.165) is 10.2 Å². The number of morpholine rings is 1. The highest BCUT2D eigenvalue weighted by Crippen LogP contribution is 2.30. The lowest BCUT2D eigenvalue weighted by Crippen LogP contribution is -2.36. The normalized spacial score (nSPS) is 14.3. The Balaban J connectivity index is 1.73. The summed E-state index contributed by atoms with van der Waals surface area (Å²) >= 11 is 1.24. The maximum absolute atomic E-state index is 13.1. The zero-order valence-corrected chi connectivity index (χ0v) is 20.8. The van der Waals surface area contributed by atoms with Crippen LogP contribution in [0.4, 0.5) is 11.4 Å². The SMILES string of the molecule is CCOC(=O)c1ccc2c(c1)sc(=NC(=O)c1ccc(N3CCOCC3)c([N+](=O)[O-])c1)n2CCOC. The molecule has 1 amide bonds. The molecule has 1 aliphatic heterocycles. The number of fused-ring (bicyclic) bond motifs is 1. The van der Waals surface area contributed by atoms with Crippen molar-refractivity contribution >= 4 is 44.8 Å². The summed E-state index contributed by atoms with van der Waals surface area (Å²) in [5, 5.41) is 11.8. The van der Waals surface area contributed by atoms with E-state index in [-0.39, 0.29) is 17.9 Å². The summed E-state index contributed by atoms with van der Waals surface area (Å²) in [6, 6.07) is 9.54. The van der Waals surface area contributed by atoms with Crippen LogP contribution in [0, 0.1) is 10.1 Å². The molecule has 0 saturated carbocycles. The van der Waals surface area contributed by atoms with Gasteiger partial charge in [-0.25, -0.2) is 4.79 Å². The Bertz CT molecular complexity index is 1360. The smallest absolute Gasteiger partial charge is 0.338 e. The number of carbonyl (C=O) groups excluding carboxylic acids is 2. The van der Waals surface area contributed by atoms with Gasteiger partial charge in [0.2, 0.25) is 0 Å². The molecule has 1 aromatic heterocycles. The third-order valence-corrected chi connectivity index (χ3v) is 6.72. The van der Waals surface area contributed by atoms with Crippen LogP contribution in [0.5, 0.6) is 0 Å². The Morgan fingerprint density at radius 1 is 1.17 bits per heavy atom. The highest BCUT2D eigenvalue weighted by Gasteiger charge is 2.23. The number of benzene rings is 2. The van der Waals surface area contributed by atoms with Gasteiger partial charge in [-0.1, -0.05) is 11.3 Å². The number of nitro benzene ring substituents is 1. The lowest BCUT2D eigenvalue weighted by Gasteiger charge is -2.28. The van der Waals surface area contributed by atoms with Crippen molar-refractivity contribution in [3.05, 3.63) is 62.4 Å². The van der Waals surface area contributed by atoms with Gasteiger partial charge in [-0.15, -0.1) is 0 Å². The van der Waals surface area contributed by atoms with Crippen LogP contribution in [0.15, 0.2) is 41.4 Å². The second kappa shape index (κ2) is 11.4. The maximum atomic E-state index is 13.1. The fourth-order valence-electron chi connectivity index (χ4n) is 3.92. The minimum absolute atomic E-state index is 0.113. The van der Waals surface area contributed by atoms with Gasteiger partial charge in [0, 0.05) is 38.4 Å². The van der Waals surface area contributed by atoms with Crippen molar-refractivity contribution in [1.29, 1.82) is 0 Å². The molecule has 4 rings (SSSR count). The van der Waals surface area contributed by atoms with E-state index in [1.807, 2.05) is 9.47 Å². The molecule has 0 unspecified atom stereocenters. The number of hydrogen-bond acceptors (Lipinski definition) is 9. The number of hydrogen-bond donors (Lipinski definition) is 0. The van der Waals surface area contributed by atoms with Crippen molar-refractivity contribution in [2.45, 2.75) is 13.5 Å². The number of anilines is 1. The molecule has 12 heteroatoms. The van der Waals surface area contributed by atoms with Crippen LogP contribution in [-0.2, 0) is 20.8 Å². The number of methoxy groups -OCH3 is 1. The first-order valence-electron chi connectivity index (χ1n) is 11.4. The number of thiazole rings is 1. The fraction of sp³-hybridized carbons (Fsp3) is 0.375. The summed E-state index contributed by atoms with van der Waals surface area (Å²) in [6.45, 7) is 4.85. The largest absolute Gasteiger partial charge is 0.462 e. The molecule has 0 atom stereocenters. The molecule has 0 aliphatic carbocycles. The van der Waals surface area contributed by atoms with Gasteiger partial charge in [0.1, 0.15) is 5.69 Å². The molecule has 11 nitrogen and oxygen atoms in total. The third kappa shape index (κ3) is 5.45. The van der Waals surface area contributed by atoms with Crippen molar-refractivity contribution < 1.29 is 28.7 Å². The van der Waals surface area contributed by atoms with E-state index < -0.39 is 16.8 Å². The number of rotatable bonds is 8. The van der Waals surface area contributed by atoms with Crippen LogP contribution >= 0.6 is 11.3 Å². The number of carbonyl (C=O) groups is 2. The maximum Gasteiger partial charge on any atom is 0.338 e. The van der Waals surface area contributed by atoms with Crippen LogP contribution in [0.1, 0.15) is 27.6 Å². The van der Waals surface area contributed by atoms with Crippen molar-refractivity contribution in [2.75, 3.05) is 51.5 Å². The zero-order chi connectivity index (χ0) is 25.7. The Morgan fingerprint density at radius 2 is 1.92 bits per heavy atom. The molecule has 1 saturated heterocycles. The van der Waals surface area contributed by atoms with Gasteiger partial charge in [0.25, 0.3) is 11.6 Å². The fourth-order valence-corrected chi connectivity index (χ4v) is 5.02. The number of nitrogens with zero attached hydrogens (tertiary/aromatic N) is 4. The average Bonchev–Trinajstić information content (AvgIpc) is 3.23. The molecular formula is C24H26N4O7S. The van der Waals surface area contributed by atoms with Crippen molar-refractivity contribution in [2.24, 2.45) is 4.99 Å². The molecule has 36 heavy (non-hydrogen) atoms. The highest BCUT2D eigenvalue weighted by molar-refractivity contribution is 7.16. The molecule has 2 heterocycles. The Labute approximate surface area is 210 Å². The van der Waals surface area contributed by atoms with Gasteiger partial charge in [-0.05, 0) is 37.3 Å². The van der Waals surface area contributed by atoms with Crippen LogP contribution in [0.25, 0.3) is 10.2 Å². The Hall–Kier alpha value is -3.61. The lowest BCUT2D eigenvalue weighted by molar-refractivity contribution is -0.384. The van der Waals surface area contributed by atoms with E-state index in [4.69, 9.17) is 14.2 Å². The summed E-state index contributed by atoms with van der Waals surface area (Å²) in [4.78, 5) is 43.1. The number of esters is 1. The second-order valence-electron chi connectivity index (χ2n) is 7.91. The summed E-state index contributed by atoms with van der Waals surface area (Å²) in [7, 11) is 1.57. The first kappa shape index (κ1) is 25.5. The molecule has 190 valence electrons. The van der Waals surface area contributed by atoms with Gasteiger partial charge >= 0.3 is 5.97 Å². The lowest BCUT2D eigenvalue weighted by atomic mass is 10.1. The number of aromatic nitrogens is 1. The van der Waals surface area contributed by atoms with Gasteiger partial charge in [0.15, 0.2) is 4.80 Å². The first-order chi connectivity index (χ1) is 17.4. The van der Waals surface area contributed by atoms with Crippen LogP contribution in [-0.4, -0.2) is 68.0 Å². The average molecular weight is 515 g/mol. The minimum Gasteiger partial charge on any atom is -0.462 e. The van der Waals surface area contributed by atoms with Crippen molar-refractivity contribution in [3.63, 3.8) is 0 Å². The van der Waals surface area contributed by atoms with Crippen LogP contribution in [0.2, 0.25) is 0 Å². The van der Waals surface area contributed by atoms with E-state index in [0.29, 0.717) is 55.5 Å². The summed E-state index contributed by atoms with van der Waals surface area (Å²) in [6.07, 6.45) is 0. The number of amides is 1. The number of nitro groups is 1. The molecule has 2 aromatic carbocycles. The molecule has 0 bridgehead atoms. The predicted molar refractivity (Wildman–Crippen MR) is 134 cm³/mol. The molecule has 0 N–H and O–H groups in total. The molecule has 0 spiro atoms. The van der Waals surface area contributed by atoms with Gasteiger partial charge < -0.3 is 23.7 Å². The van der Waals surface area contributed by atoms with E-state index in [9.17, 15) is 19.7 Å². The predicted octanol–water partition coefficient (Wildman–Crippen LogP) is 3.01. The van der Waals surface area contributed by atoms with Crippen molar-refractivity contribution in [1.82, 2.24) is 4.57 Å².